The van der Waals surface area contributed by atoms with Gasteiger partial charge in [0.2, 0.25) is 0 Å². The van der Waals surface area contributed by atoms with Crippen LogP contribution in [0.5, 0.6) is 5.75 Å². The molecule has 3 N–H and O–H groups in total. The van der Waals surface area contributed by atoms with Crippen LogP contribution in [0.25, 0.3) is 0 Å². The van der Waals surface area contributed by atoms with E-state index in [2.05, 4.69) is 5.32 Å². The van der Waals surface area contributed by atoms with Crippen LogP contribution >= 0.6 is 0 Å². The monoisotopic (exact) mass is 342 g/mol. The van der Waals surface area contributed by atoms with Crippen LogP contribution < -0.4 is 5.32 Å². The number of phenols is 1. The summed E-state index contributed by atoms with van der Waals surface area (Å²) >= 11 is 0. The standard InChI is InChI=1S/C20H26N2O3/c1-16(7-8-17-9-11-19(24)12-10-17)21-20(25)22(13-14-23)15-18-5-3-2-4-6-18/h2-6,9-12,16,23-24H,7-8,13-15H2,1H3,(H,21,25). The predicted octanol–water partition coefficient (Wildman–Crippen LogP) is 2.92. The summed E-state index contributed by atoms with van der Waals surface area (Å²) in [5.41, 5.74) is 2.15. The minimum atomic E-state index is -0.170. The molecule has 134 valence electrons. The molecule has 0 heterocycles. The molecule has 2 aromatic carbocycles. The fourth-order valence-corrected chi connectivity index (χ4v) is 2.60. The van der Waals surface area contributed by atoms with Gasteiger partial charge in [-0.1, -0.05) is 42.5 Å². The minimum Gasteiger partial charge on any atom is -0.508 e. The van der Waals surface area contributed by atoms with E-state index >= 15 is 0 Å². The van der Waals surface area contributed by atoms with Crippen molar-refractivity contribution >= 4 is 6.03 Å². The molecule has 0 aliphatic heterocycles. The quantitative estimate of drug-likeness (QED) is 0.691. The van der Waals surface area contributed by atoms with Crippen molar-refractivity contribution in [3.8, 4) is 5.75 Å². The van der Waals surface area contributed by atoms with Gasteiger partial charge in [-0.2, -0.15) is 0 Å². The molecule has 0 aliphatic rings. The molecular formula is C20H26N2O3. The molecule has 0 saturated carbocycles. The normalized spacial score (nSPS) is 11.8. The summed E-state index contributed by atoms with van der Waals surface area (Å²) in [6, 6.07) is 16.7. The molecule has 0 aliphatic carbocycles. The first-order valence-corrected chi connectivity index (χ1v) is 8.56. The first-order valence-electron chi connectivity index (χ1n) is 8.56. The SMILES string of the molecule is CC(CCc1ccc(O)cc1)NC(=O)N(CCO)Cc1ccccc1. The molecule has 25 heavy (non-hydrogen) atoms. The predicted molar refractivity (Wildman–Crippen MR) is 98.4 cm³/mol. The van der Waals surface area contributed by atoms with Crippen LogP contribution in [-0.2, 0) is 13.0 Å². The van der Waals surface area contributed by atoms with Crippen LogP contribution in [0.3, 0.4) is 0 Å². The number of phenolic OH excluding ortho intramolecular Hbond substituents is 1. The fraction of sp³-hybridized carbons (Fsp3) is 0.350. The van der Waals surface area contributed by atoms with Crippen molar-refractivity contribution in [1.82, 2.24) is 10.2 Å². The lowest BCUT2D eigenvalue weighted by Crippen LogP contribution is -2.44. The highest BCUT2D eigenvalue weighted by Crippen LogP contribution is 2.12. The van der Waals surface area contributed by atoms with Gasteiger partial charge in [-0.3, -0.25) is 0 Å². The smallest absolute Gasteiger partial charge is 0.317 e. The highest BCUT2D eigenvalue weighted by molar-refractivity contribution is 5.74. The molecule has 0 aromatic heterocycles. The third kappa shape index (κ3) is 6.47. The third-order valence-electron chi connectivity index (χ3n) is 4.05. The zero-order valence-electron chi connectivity index (χ0n) is 14.6. The number of amides is 2. The van der Waals surface area contributed by atoms with Crippen LogP contribution in [0.15, 0.2) is 54.6 Å². The maximum absolute atomic E-state index is 12.5. The van der Waals surface area contributed by atoms with E-state index in [1.807, 2.05) is 49.4 Å². The number of hydrogen-bond donors (Lipinski definition) is 3. The van der Waals surface area contributed by atoms with E-state index in [4.69, 9.17) is 0 Å². The average molecular weight is 342 g/mol. The van der Waals surface area contributed by atoms with Crippen LogP contribution in [0, 0.1) is 0 Å². The number of carbonyl (C=O) groups excluding carboxylic acids is 1. The van der Waals surface area contributed by atoms with Gasteiger partial charge in [0.1, 0.15) is 5.75 Å². The van der Waals surface area contributed by atoms with Gasteiger partial charge in [-0.25, -0.2) is 4.79 Å². The van der Waals surface area contributed by atoms with Gasteiger partial charge in [-0.15, -0.1) is 0 Å². The number of benzene rings is 2. The summed E-state index contributed by atoms with van der Waals surface area (Å²) in [4.78, 5) is 14.1. The number of aliphatic hydroxyl groups excluding tert-OH is 1. The van der Waals surface area contributed by atoms with Crippen molar-refractivity contribution in [2.75, 3.05) is 13.2 Å². The van der Waals surface area contributed by atoms with E-state index < -0.39 is 0 Å². The van der Waals surface area contributed by atoms with E-state index in [0.717, 1.165) is 24.0 Å². The number of nitrogens with zero attached hydrogens (tertiary/aromatic N) is 1. The topological polar surface area (TPSA) is 72.8 Å². The van der Waals surface area contributed by atoms with Crippen molar-refractivity contribution in [2.24, 2.45) is 0 Å². The van der Waals surface area contributed by atoms with Crippen LogP contribution in [0.1, 0.15) is 24.5 Å². The lowest BCUT2D eigenvalue weighted by atomic mass is 10.1. The second-order valence-corrected chi connectivity index (χ2v) is 6.19. The Morgan fingerprint density at radius 1 is 1.08 bits per heavy atom. The van der Waals surface area contributed by atoms with Crippen LogP contribution in [0.2, 0.25) is 0 Å². The largest absolute Gasteiger partial charge is 0.508 e. The van der Waals surface area contributed by atoms with Gasteiger partial charge in [-0.05, 0) is 43.0 Å². The van der Waals surface area contributed by atoms with E-state index in [1.165, 1.54) is 0 Å². The number of aromatic hydroxyl groups is 1. The number of aryl methyl sites for hydroxylation is 1. The van der Waals surface area contributed by atoms with E-state index in [-0.39, 0.29) is 24.4 Å². The maximum atomic E-state index is 12.5. The van der Waals surface area contributed by atoms with Gasteiger partial charge < -0.3 is 20.4 Å². The molecule has 2 rings (SSSR count). The summed E-state index contributed by atoms with van der Waals surface area (Å²) in [5.74, 6) is 0.255. The Labute approximate surface area is 148 Å². The zero-order chi connectivity index (χ0) is 18.1. The fourth-order valence-electron chi connectivity index (χ4n) is 2.60. The van der Waals surface area contributed by atoms with Gasteiger partial charge >= 0.3 is 6.03 Å². The summed E-state index contributed by atoms with van der Waals surface area (Å²) in [6.07, 6.45) is 1.62. The Bertz CT molecular complexity index is 644. The Balaban J connectivity index is 1.85. The maximum Gasteiger partial charge on any atom is 0.317 e. The molecule has 0 saturated heterocycles. The summed E-state index contributed by atoms with van der Waals surface area (Å²) in [7, 11) is 0. The number of carbonyl (C=O) groups is 1. The zero-order valence-corrected chi connectivity index (χ0v) is 14.6. The second kappa shape index (κ2) is 9.69. The van der Waals surface area contributed by atoms with Crippen LogP contribution in [0.4, 0.5) is 4.79 Å². The van der Waals surface area contributed by atoms with Crippen molar-refractivity contribution in [3.63, 3.8) is 0 Å². The summed E-state index contributed by atoms with van der Waals surface area (Å²) < 4.78 is 0. The first kappa shape index (κ1) is 18.8. The molecule has 0 spiro atoms. The Morgan fingerprint density at radius 3 is 2.40 bits per heavy atom. The summed E-state index contributed by atoms with van der Waals surface area (Å²) in [5, 5.41) is 21.5. The number of nitrogens with one attached hydrogen (secondary N) is 1. The van der Waals surface area contributed by atoms with Gasteiger partial charge in [0.05, 0.1) is 6.61 Å². The van der Waals surface area contributed by atoms with Gasteiger partial charge in [0.25, 0.3) is 0 Å². The molecule has 0 radical (unpaired) electrons. The highest BCUT2D eigenvalue weighted by atomic mass is 16.3. The Morgan fingerprint density at radius 2 is 1.76 bits per heavy atom. The lowest BCUT2D eigenvalue weighted by molar-refractivity contribution is 0.171. The average Bonchev–Trinajstić information content (AvgIpc) is 2.62. The molecule has 1 unspecified atom stereocenters. The third-order valence-corrected chi connectivity index (χ3v) is 4.05. The molecule has 1 atom stereocenters. The highest BCUT2D eigenvalue weighted by Gasteiger charge is 2.15. The minimum absolute atomic E-state index is 0.0123. The van der Waals surface area contributed by atoms with Crippen molar-refractivity contribution in [1.29, 1.82) is 0 Å². The lowest BCUT2D eigenvalue weighted by Gasteiger charge is -2.25. The van der Waals surface area contributed by atoms with Crippen LogP contribution in [-0.4, -0.2) is 40.3 Å². The first-order chi connectivity index (χ1) is 12.1. The molecule has 5 heteroatoms. The van der Waals surface area contributed by atoms with E-state index in [9.17, 15) is 15.0 Å². The van der Waals surface area contributed by atoms with Crippen molar-refractivity contribution in [2.45, 2.75) is 32.4 Å². The van der Waals surface area contributed by atoms with Crippen molar-refractivity contribution in [3.05, 3.63) is 65.7 Å². The van der Waals surface area contributed by atoms with Gasteiger partial charge in [0.15, 0.2) is 0 Å². The summed E-state index contributed by atoms with van der Waals surface area (Å²) in [6.45, 7) is 2.67. The molecule has 5 nitrogen and oxygen atoms in total. The molecule has 2 aromatic rings. The number of urea groups is 1. The number of hydrogen-bond acceptors (Lipinski definition) is 3. The molecular weight excluding hydrogens is 316 g/mol. The van der Waals surface area contributed by atoms with Crippen molar-refractivity contribution < 1.29 is 15.0 Å². The number of rotatable bonds is 8. The molecule has 0 bridgehead atoms. The molecule has 2 amide bonds. The van der Waals surface area contributed by atoms with Gasteiger partial charge in [0, 0.05) is 19.1 Å². The number of aliphatic hydroxyl groups is 1. The Kier molecular flexibility index (Phi) is 7.29. The molecule has 0 fully saturated rings. The Hall–Kier alpha value is -2.53. The van der Waals surface area contributed by atoms with E-state index in [0.29, 0.717) is 13.1 Å². The second-order valence-electron chi connectivity index (χ2n) is 6.19. The van der Waals surface area contributed by atoms with E-state index in [1.54, 1.807) is 17.0 Å².